The molecule has 10 amide bonds. The van der Waals surface area contributed by atoms with Gasteiger partial charge in [0, 0.05) is 155 Å². The lowest BCUT2D eigenvalue weighted by Gasteiger charge is -2.36. The molecular formula is C76H113N20O10+. The first-order valence-corrected chi connectivity index (χ1v) is 40.0. The quantitative estimate of drug-likeness (QED) is 0.0774. The van der Waals surface area contributed by atoms with Gasteiger partial charge in [-0.05, 0) is 147 Å². The number of carbonyl (C=O) groups is 5. The molecule has 106 heavy (non-hydrogen) atoms. The molecule has 30 heteroatoms. The molecule has 20 heterocycles. The van der Waals surface area contributed by atoms with Gasteiger partial charge in [0.1, 0.15) is 57.3 Å². The SMILES string of the molecule is CN1C(=O)N2C[C@H]1CC[C@H]2c1cc(C2CC[N+](C)(C)CC2)on1.CN1C(=O)N2C[C@H]1CC[C@H]2c1cc(C2CNC2)on1.CN1C(=O)N2C[C@H]1CC[C@H]2c1cc(CC2CCNC2)on1.CN1C(=O)N2C[C@H]1CC[C@H]2c1cc(CC2CCNCC2)on1.CN1C(=O)N2C[C@H]1CC[C@H]2c1cc(CCC2CNC2)on1. The van der Waals surface area contributed by atoms with E-state index in [1.165, 1.54) is 32.4 Å². The molecule has 15 aliphatic rings. The molecule has 10 bridgehead atoms. The van der Waals surface area contributed by atoms with Crippen LogP contribution in [0, 0.1) is 17.8 Å². The number of quaternary nitrogens is 1. The third-order valence-electron chi connectivity index (χ3n) is 26.8. The van der Waals surface area contributed by atoms with E-state index >= 15 is 0 Å². The summed E-state index contributed by atoms with van der Waals surface area (Å²) in [5.74, 6) is 7.92. The molecule has 4 N–H and O–H groups in total. The summed E-state index contributed by atoms with van der Waals surface area (Å²) in [5, 5.41) is 34.6. The lowest BCUT2D eigenvalue weighted by atomic mass is 9.92. The summed E-state index contributed by atoms with van der Waals surface area (Å²) in [4.78, 5) is 80.4. The normalized spacial score (nSPS) is 30.5. The standard InChI is InChI=1S/C17H27N4O2.C16H24N4O2.2C15H22N4O2.C13H18N4O2/c1-19-13-4-5-15(20(11-13)17(19)22)14-10-16(23-18-14)12-6-8-21(2,3)9-7-12;1-19-12-2-3-15(20(10-12)16(19)21)14-9-13(22-18-14)8-11-4-6-17-7-5-11;1-18-11-3-5-14(19(9-11)15(18)20)13-6-12(21-17-13)4-2-10-7-16-8-10;1-18-11-2-3-14(19(9-11)15(18)20)13-7-12(21-17-13)6-10-4-5-16-8-10;1-16-9-2-3-11(17(7-9)13(16)18)10-4-12(19-15-10)8-5-14-6-8/h10,12-13,15H,4-9,11H2,1-3H3;9,11-12,15,17H,2-8,10H2,1H3;6,10-11,14,16H,2-5,7-9H2,1H3;7,10-11,14,16H,2-6,8-9H2,1H3;4,8-9,11,14H,2-3,5-7H2,1H3/q+1;;;;/t13-,15+;12-,15+;11-,14+;10?,11-,14+;9-,11+/m11111/s1. The van der Waals surface area contributed by atoms with Gasteiger partial charge in [0.05, 0.1) is 87.6 Å². The number of hydrogen-bond acceptors (Lipinski definition) is 19. The Morgan fingerprint density at radius 3 is 1.06 bits per heavy atom. The molecule has 15 fully saturated rings. The van der Waals surface area contributed by atoms with E-state index in [1.807, 2.05) is 90.3 Å². The van der Waals surface area contributed by atoms with Crippen LogP contribution in [0.2, 0.25) is 0 Å². The van der Waals surface area contributed by atoms with Crippen molar-refractivity contribution in [3.05, 3.63) is 87.6 Å². The first-order chi connectivity index (χ1) is 51.3. The Kier molecular flexibility index (Phi) is 21.0. The largest absolute Gasteiger partial charge is 0.361 e. The number of amides is 10. The maximum atomic E-state index is 12.3. The van der Waals surface area contributed by atoms with E-state index in [9.17, 15) is 24.0 Å². The van der Waals surface area contributed by atoms with Crippen molar-refractivity contribution in [2.45, 2.75) is 194 Å². The number of fused-ring (bicyclic) bond motifs is 10. The summed E-state index contributed by atoms with van der Waals surface area (Å²) < 4.78 is 28.8. The maximum absolute atomic E-state index is 12.3. The van der Waals surface area contributed by atoms with Gasteiger partial charge >= 0.3 is 30.2 Å². The highest BCUT2D eigenvalue weighted by Gasteiger charge is 2.50. The van der Waals surface area contributed by atoms with Gasteiger partial charge in [-0.15, -0.1) is 0 Å². The molecule has 0 saturated carbocycles. The molecule has 5 aromatic heterocycles. The summed E-state index contributed by atoms with van der Waals surface area (Å²) in [5.41, 5.74) is 4.66. The molecule has 0 spiro atoms. The van der Waals surface area contributed by atoms with Gasteiger partial charge in [0.2, 0.25) is 0 Å². The van der Waals surface area contributed by atoms with Crippen LogP contribution in [0.5, 0.6) is 0 Å². The van der Waals surface area contributed by atoms with E-state index < -0.39 is 0 Å². The zero-order valence-electron chi connectivity index (χ0n) is 63.3. The zero-order valence-corrected chi connectivity index (χ0v) is 63.3. The predicted molar refractivity (Wildman–Crippen MR) is 389 cm³/mol. The van der Waals surface area contributed by atoms with Crippen LogP contribution in [0.3, 0.4) is 0 Å². The second-order valence-corrected chi connectivity index (χ2v) is 34.0. The second kappa shape index (κ2) is 30.7. The number of carbonyl (C=O) groups excluding carboxylic acids is 5. The van der Waals surface area contributed by atoms with Gasteiger partial charge in [-0.1, -0.05) is 25.8 Å². The number of nitrogens with zero attached hydrogens (tertiary/aromatic N) is 16. The first kappa shape index (κ1) is 72.4. The Hall–Kier alpha value is -7.80. The Bertz CT molecular complexity index is 3880. The van der Waals surface area contributed by atoms with Gasteiger partial charge in [-0.3, -0.25) is 0 Å². The smallest absolute Gasteiger partial charge is 0.320 e. The van der Waals surface area contributed by atoms with Crippen LogP contribution in [-0.2, 0) is 19.3 Å². The Morgan fingerprint density at radius 1 is 0.358 bits per heavy atom. The molecule has 30 nitrogen and oxygen atoms in total. The van der Waals surface area contributed by atoms with Crippen LogP contribution in [0.4, 0.5) is 24.0 Å². The van der Waals surface area contributed by atoms with E-state index in [0.717, 1.165) is 255 Å². The number of hydrogen-bond donors (Lipinski definition) is 4. The van der Waals surface area contributed by atoms with E-state index in [4.69, 9.17) is 22.6 Å². The van der Waals surface area contributed by atoms with Crippen molar-refractivity contribution in [2.75, 3.05) is 148 Å². The van der Waals surface area contributed by atoms with Crippen molar-refractivity contribution in [3.8, 4) is 0 Å². The van der Waals surface area contributed by atoms with E-state index in [0.29, 0.717) is 53.9 Å². The second-order valence-electron chi connectivity index (χ2n) is 34.0. The highest BCUT2D eigenvalue weighted by Crippen LogP contribution is 2.44. The van der Waals surface area contributed by atoms with Gasteiger partial charge < -0.3 is 97.4 Å². The van der Waals surface area contributed by atoms with Crippen LogP contribution >= 0.6 is 0 Å². The topological polar surface area (TPSA) is 296 Å². The maximum Gasteiger partial charge on any atom is 0.320 e. The van der Waals surface area contributed by atoms with Crippen molar-refractivity contribution < 1.29 is 51.1 Å². The molecule has 576 valence electrons. The molecule has 0 aliphatic carbocycles. The Balaban J connectivity index is 0.000000102. The predicted octanol–water partition coefficient (Wildman–Crippen LogP) is 7.71. The fourth-order valence-corrected chi connectivity index (χ4v) is 19.3. The van der Waals surface area contributed by atoms with Crippen LogP contribution in [0.1, 0.15) is 202 Å². The van der Waals surface area contributed by atoms with Crippen molar-refractivity contribution >= 4 is 30.2 Å². The van der Waals surface area contributed by atoms with E-state index in [-0.39, 0.29) is 60.4 Å². The van der Waals surface area contributed by atoms with E-state index in [2.05, 4.69) is 85.4 Å². The summed E-state index contributed by atoms with van der Waals surface area (Å²) in [6.45, 7) is 15.1. The number of nitrogens with one attached hydrogen (secondary N) is 4. The first-order valence-electron chi connectivity index (χ1n) is 40.0. The molecule has 1 unspecified atom stereocenters. The summed E-state index contributed by atoms with van der Waals surface area (Å²) in [6, 6.07) is 13.4. The lowest BCUT2D eigenvalue weighted by molar-refractivity contribution is -0.895. The Morgan fingerprint density at radius 2 is 0.689 bits per heavy atom. The number of aromatic nitrogens is 5. The number of rotatable bonds is 14. The minimum atomic E-state index is 0.0945. The fraction of sp³-hybridized carbons (Fsp3) is 0.737. The van der Waals surface area contributed by atoms with Gasteiger partial charge in [0.15, 0.2) is 0 Å². The lowest BCUT2D eigenvalue weighted by Crippen LogP contribution is -2.45. The van der Waals surface area contributed by atoms with Gasteiger partial charge in [0.25, 0.3) is 0 Å². The molecule has 5 aromatic rings. The van der Waals surface area contributed by atoms with Crippen LogP contribution in [0.25, 0.3) is 0 Å². The zero-order chi connectivity index (χ0) is 73.1. The summed E-state index contributed by atoms with van der Waals surface area (Å²) in [6.07, 6.45) is 20.1. The highest BCUT2D eigenvalue weighted by atomic mass is 16.5. The Labute approximate surface area is 621 Å². The van der Waals surface area contributed by atoms with Gasteiger partial charge in [-0.2, -0.15) is 0 Å². The molecule has 0 radical (unpaired) electrons. The van der Waals surface area contributed by atoms with E-state index in [1.54, 1.807) is 0 Å². The fourth-order valence-electron chi connectivity index (χ4n) is 19.3. The van der Waals surface area contributed by atoms with Crippen molar-refractivity contribution in [3.63, 3.8) is 0 Å². The van der Waals surface area contributed by atoms with Crippen LogP contribution in [-0.4, -0.2) is 287 Å². The van der Waals surface area contributed by atoms with Crippen LogP contribution < -0.4 is 21.3 Å². The number of likely N-dealkylation sites (tertiary alicyclic amines) is 1. The molecule has 20 rings (SSSR count). The third-order valence-corrected chi connectivity index (χ3v) is 26.8. The molecule has 11 atom stereocenters. The van der Waals surface area contributed by atoms with Crippen LogP contribution in [0.15, 0.2) is 52.9 Å². The third kappa shape index (κ3) is 14.9. The summed E-state index contributed by atoms with van der Waals surface area (Å²) in [7, 11) is 14.1. The minimum absolute atomic E-state index is 0.0945. The number of aryl methyl sites for hydroxylation is 1. The van der Waals surface area contributed by atoms with Crippen molar-refractivity contribution in [1.29, 1.82) is 0 Å². The van der Waals surface area contributed by atoms with Gasteiger partial charge in [-0.25, -0.2) is 24.0 Å². The average Bonchev–Trinajstić information content (AvgIpc) is 1.62. The van der Waals surface area contributed by atoms with Crippen molar-refractivity contribution in [1.82, 2.24) is 96.0 Å². The number of piperidine rings is 7. The molecule has 15 saturated heterocycles. The monoisotopic (exact) mass is 1470 g/mol. The minimum Gasteiger partial charge on any atom is -0.361 e. The highest BCUT2D eigenvalue weighted by molar-refractivity contribution is 5.80. The number of urea groups is 5. The van der Waals surface area contributed by atoms with Crippen molar-refractivity contribution in [2.24, 2.45) is 17.8 Å². The molecular weight excluding hydrogens is 1350 g/mol. The molecule has 0 aromatic carbocycles. The summed E-state index contributed by atoms with van der Waals surface area (Å²) >= 11 is 0. The number of likely N-dealkylation sites (N-methyl/N-ethyl adjacent to an activating group) is 5. The average molecular weight is 1470 g/mol. The molecule has 15 aliphatic heterocycles.